The number of cyclic esters (lactones) is 1. The molecule has 2 amide bonds. The maximum Gasteiger partial charge on any atom is 0.355 e. The molecule has 0 aromatic carbocycles. The molecular weight excluding hydrogens is 382 g/mol. The highest BCUT2D eigenvalue weighted by Gasteiger charge is 2.55. The Labute approximate surface area is 155 Å². The molecule has 4 heterocycles. The second-order valence-corrected chi connectivity index (χ2v) is 7.58. The molecule has 0 aliphatic carbocycles. The molecule has 3 aliphatic heterocycles. The molecule has 12 heteroatoms. The van der Waals surface area contributed by atoms with Crippen LogP contribution in [0.2, 0.25) is 0 Å². The van der Waals surface area contributed by atoms with E-state index in [-0.39, 0.29) is 34.4 Å². The van der Waals surface area contributed by atoms with Gasteiger partial charge in [0.1, 0.15) is 36.5 Å². The van der Waals surface area contributed by atoms with Gasteiger partial charge in [-0.1, -0.05) is 5.16 Å². The van der Waals surface area contributed by atoms with Crippen LogP contribution in [0.1, 0.15) is 5.69 Å². The zero-order valence-electron chi connectivity index (χ0n) is 13.4. The number of aromatic nitrogens is 1. The van der Waals surface area contributed by atoms with Gasteiger partial charge in [0.05, 0.1) is 0 Å². The molecule has 3 N–H and O–H groups in total. The predicted octanol–water partition coefficient (Wildman–Crippen LogP) is -0.713. The second kappa shape index (κ2) is 6.29. The highest BCUT2D eigenvalue weighted by atomic mass is 32.2. The van der Waals surface area contributed by atoms with Crippen molar-refractivity contribution in [3.05, 3.63) is 22.3 Å². The number of β-lactam (4-membered cyclic amide) rings is 1. The molecule has 1 aromatic rings. The molecule has 2 unspecified atom stereocenters. The fraction of sp³-hybridized carbons (Fsp3) is 0.357. The summed E-state index contributed by atoms with van der Waals surface area (Å²) in [4.78, 5) is 47.0. The lowest BCUT2D eigenvalue weighted by Crippen LogP contribution is -2.70. The molecule has 1 fully saturated rings. The lowest BCUT2D eigenvalue weighted by atomic mass is 10.0. The van der Waals surface area contributed by atoms with E-state index < -0.39 is 17.9 Å². The van der Waals surface area contributed by atoms with Gasteiger partial charge >= 0.3 is 5.97 Å². The first-order valence-electron chi connectivity index (χ1n) is 7.48. The van der Waals surface area contributed by atoms with Gasteiger partial charge in [-0.05, 0) is 0 Å². The predicted molar refractivity (Wildman–Crippen MR) is 93.1 cm³/mol. The Morgan fingerprint density at radius 2 is 2.35 bits per heavy atom. The van der Waals surface area contributed by atoms with Crippen LogP contribution in [0.3, 0.4) is 0 Å². The van der Waals surface area contributed by atoms with E-state index >= 15 is 0 Å². The Kier molecular flexibility index (Phi) is 4.07. The van der Waals surface area contributed by atoms with Crippen molar-refractivity contribution in [3.8, 4) is 0 Å². The van der Waals surface area contributed by atoms with Crippen LogP contribution in [0.5, 0.6) is 0 Å². The SMILES string of the molecule is CON=C(C(=O)NC1C(=O)N2C3=C(COC3=O)CSC12)c1csc(N)n1. The zero-order chi connectivity index (χ0) is 18.4. The van der Waals surface area contributed by atoms with Crippen LogP contribution in [-0.4, -0.2) is 64.3 Å². The van der Waals surface area contributed by atoms with Crippen molar-refractivity contribution < 1.29 is 24.0 Å². The van der Waals surface area contributed by atoms with E-state index in [1.54, 1.807) is 5.38 Å². The molecule has 0 saturated carbocycles. The highest BCUT2D eigenvalue weighted by Crippen LogP contribution is 2.42. The number of hydrogen-bond donors (Lipinski definition) is 2. The third kappa shape index (κ3) is 2.52. The summed E-state index contributed by atoms with van der Waals surface area (Å²) >= 11 is 2.62. The number of rotatable bonds is 4. The Balaban J connectivity index is 1.51. The fourth-order valence-corrected chi connectivity index (χ4v) is 4.78. The van der Waals surface area contributed by atoms with E-state index in [9.17, 15) is 14.4 Å². The van der Waals surface area contributed by atoms with Crippen LogP contribution in [-0.2, 0) is 24.0 Å². The average molecular weight is 395 g/mol. The van der Waals surface area contributed by atoms with Crippen LogP contribution in [0, 0.1) is 0 Å². The van der Waals surface area contributed by atoms with Gasteiger partial charge in [0.2, 0.25) is 0 Å². The molecule has 1 aromatic heterocycles. The average Bonchev–Trinajstić information content (AvgIpc) is 3.22. The Morgan fingerprint density at radius 3 is 3.04 bits per heavy atom. The summed E-state index contributed by atoms with van der Waals surface area (Å²) < 4.78 is 4.99. The number of ether oxygens (including phenoxy) is 1. The second-order valence-electron chi connectivity index (χ2n) is 5.58. The smallest absolute Gasteiger partial charge is 0.355 e. The van der Waals surface area contributed by atoms with Crippen molar-refractivity contribution in [3.63, 3.8) is 0 Å². The molecule has 4 rings (SSSR count). The Bertz CT molecular complexity index is 879. The highest BCUT2D eigenvalue weighted by molar-refractivity contribution is 8.00. The summed E-state index contributed by atoms with van der Waals surface area (Å²) in [5.74, 6) is -0.896. The molecule has 26 heavy (non-hydrogen) atoms. The molecule has 0 spiro atoms. The number of nitrogens with one attached hydrogen (secondary N) is 1. The molecule has 1 saturated heterocycles. The monoisotopic (exact) mass is 395 g/mol. The molecule has 0 radical (unpaired) electrons. The number of nitrogen functional groups attached to an aromatic ring is 1. The van der Waals surface area contributed by atoms with E-state index in [2.05, 4.69) is 15.5 Å². The minimum absolute atomic E-state index is 0.0762. The number of nitrogens with zero attached hydrogens (tertiary/aromatic N) is 3. The lowest BCUT2D eigenvalue weighted by Gasteiger charge is -2.48. The zero-order valence-corrected chi connectivity index (χ0v) is 15.1. The van der Waals surface area contributed by atoms with Crippen LogP contribution in [0.4, 0.5) is 5.13 Å². The van der Waals surface area contributed by atoms with Gasteiger partial charge in [-0.3, -0.25) is 14.5 Å². The van der Waals surface area contributed by atoms with Gasteiger partial charge in [0.25, 0.3) is 11.8 Å². The number of amides is 2. The van der Waals surface area contributed by atoms with Gasteiger partial charge in [0, 0.05) is 16.7 Å². The molecule has 0 bridgehead atoms. The third-order valence-corrected chi connectivity index (χ3v) is 6.08. The van der Waals surface area contributed by atoms with E-state index in [4.69, 9.17) is 15.3 Å². The minimum atomic E-state index is -0.770. The van der Waals surface area contributed by atoms with Crippen LogP contribution < -0.4 is 11.1 Å². The van der Waals surface area contributed by atoms with Crippen molar-refractivity contribution in [1.82, 2.24) is 15.2 Å². The molecule has 10 nitrogen and oxygen atoms in total. The third-order valence-electron chi connectivity index (χ3n) is 4.07. The number of carbonyl (C=O) groups excluding carboxylic acids is 3. The number of carbonyl (C=O) groups is 3. The van der Waals surface area contributed by atoms with Crippen LogP contribution in [0.15, 0.2) is 21.8 Å². The quantitative estimate of drug-likeness (QED) is 0.295. The summed E-state index contributed by atoms with van der Waals surface area (Å²) in [6.45, 7) is 0.213. The first kappa shape index (κ1) is 16.8. The van der Waals surface area contributed by atoms with Crippen molar-refractivity contribution in [1.29, 1.82) is 0 Å². The number of hydrogen-bond acceptors (Lipinski definition) is 10. The minimum Gasteiger partial charge on any atom is -0.456 e. The number of oxime groups is 1. The molecule has 2 atom stereocenters. The summed E-state index contributed by atoms with van der Waals surface area (Å²) in [6, 6.07) is -0.770. The summed E-state index contributed by atoms with van der Waals surface area (Å²) in [5.41, 5.74) is 6.88. The number of esters is 1. The fourth-order valence-electron chi connectivity index (χ4n) is 2.91. The molecule has 136 valence electrons. The molecular formula is C14H13N5O5S2. The van der Waals surface area contributed by atoms with Crippen molar-refractivity contribution >= 4 is 51.7 Å². The van der Waals surface area contributed by atoms with E-state index in [0.29, 0.717) is 11.4 Å². The normalized spacial score (nSPS) is 24.7. The Morgan fingerprint density at radius 1 is 1.54 bits per heavy atom. The van der Waals surface area contributed by atoms with Crippen LogP contribution in [0.25, 0.3) is 0 Å². The summed E-state index contributed by atoms with van der Waals surface area (Å²) in [5, 5.41) is 7.82. The standard InChI is InChI=1S/C14H13N5O5S2/c1-23-18-7(6-4-26-14(15)16-6)10(20)17-8-11(21)19-9-5(2-24-13(9)22)3-25-12(8)19/h4,8,12H,2-3H2,1H3,(H2,15,16)(H,17,20). The van der Waals surface area contributed by atoms with E-state index in [0.717, 1.165) is 16.9 Å². The van der Waals surface area contributed by atoms with Crippen LogP contribution >= 0.6 is 23.1 Å². The van der Waals surface area contributed by atoms with Gasteiger partial charge < -0.3 is 20.6 Å². The lowest BCUT2D eigenvalue weighted by molar-refractivity contribution is -0.150. The first-order chi connectivity index (χ1) is 12.5. The number of nitrogens with two attached hydrogens (primary N) is 1. The van der Waals surface area contributed by atoms with Gasteiger partial charge in [-0.2, -0.15) is 0 Å². The van der Waals surface area contributed by atoms with E-state index in [1.165, 1.54) is 23.8 Å². The van der Waals surface area contributed by atoms with Gasteiger partial charge in [-0.25, -0.2) is 9.78 Å². The van der Waals surface area contributed by atoms with Crippen molar-refractivity contribution in [2.45, 2.75) is 11.4 Å². The van der Waals surface area contributed by atoms with Gasteiger partial charge in [-0.15, -0.1) is 23.1 Å². The maximum atomic E-state index is 12.6. The summed E-state index contributed by atoms with van der Waals surface area (Å²) in [6.07, 6.45) is 0. The van der Waals surface area contributed by atoms with Crippen molar-refractivity contribution in [2.75, 3.05) is 25.2 Å². The number of anilines is 1. The van der Waals surface area contributed by atoms with Gasteiger partial charge in [0.15, 0.2) is 10.8 Å². The summed E-state index contributed by atoms with van der Waals surface area (Å²) in [7, 11) is 1.30. The number of thiazole rings is 1. The Hall–Kier alpha value is -2.60. The maximum absolute atomic E-state index is 12.6. The largest absolute Gasteiger partial charge is 0.456 e. The topological polar surface area (TPSA) is 136 Å². The molecule has 3 aliphatic rings. The number of thioether (sulfide) groups is 1. The van der Waals surface area contributed by atoms with E-state index in [1.807, 2.05) is 0 Å². The van der Waals surface area contributed by atoms with Crippen molar-refractivity contribution in [2.24, 2.45) is 5.16 Å². The number of fused-ring (bicyclic) bond motifs is 2. The first-order valence-corrected chi connectivity index (χ1v) is 9.41.